The normalized spacial score (nSPS) is 12.9. The van der Waals surface area contributed by atoms with E-state index in [0.717, 1.165) is 0 Å². The van der Waals surface area contributed by atoms with Crippen LogP contribution in [0.1, 0.15) is 12.7 Å². The van der Waals surface area contributed by atoms with Gasteiger partial charge in [-0.2, -0.15) is 0 Å². The first-order valence-electron chi connectivity index (χ1n) is 4.39. The van der Waals surface area contributed by atoms with Crippen LogP contribution in [0.5, 0.6) is 0 Å². The Morgan fingerprint density at radius 2 is 2.36 bits per heavy atom. The highest BCUT2D eigenvalue weighted by atomic mass is 127. The fourth-order valence-electron chi connectivity index (χ4n) is 1.14. The molecular weight excluding hydrogens is 295 g/mol. The molecule has 0 radical (unpaired) electrons. The van der Waals surface area contributed by atoms with Crippen molar-refractivity contribution in [2.45, 2.75) is 20.4 Å². The monoisotopic (exact) mass is 308 g/mol. The van der Waals surface area contributed by atoms with Crippen molar-refractivity contribution >= 4 is 22.6 Å². The third-order valence-corrected chi connectivity index (χ3v) is 2.75. The number of hydrogen-bond donors (Lipinski definition) is 1. The van der Waals surface area contributed by atoms with E-state index in [2.05, 4.69) is 4.98 Å². The van der Waals surface area contributed by atoms with Crippen LogP contribution in [-0.4, -0.2) is 21.3 Å². The van der Waals surface area contributed by atoms with Crippen molar-refractivity contribution in [3.63, 3.8) is 0 Å². The Bertz CT molecular complexity index is 376. The molecule has 5 heteroatoms. The van der Waals surface area contributed by atoms with Crippen LogP contribution in [0.25, 0.3) is 0 Å². The fraction of sp³-hybridized carbons (Fsp3) is 0.556. The molecule has 0 aliphatic heterocycles. The Kier molecular flexibility index (Phi) is 4.06. The maximum atomic E-state index is 11.7. The summed E-state index contributed by atoms with van der Waals surface area (Å²) in [7, 11) is 0. The molecule has 78 valence electrons. The summed E-state index contributed by atoms with van der Waals surface area (Å²) in [6.07, 6.45) is 1.57. The Balaban J connectivity index is 3.07. The zero-order chi connectivity index (χ0) is 10.7. The summed E-state index contributed by atoms with van der Waals surface area (Å²) in [5.41, 5.74) is -0.0293. The smallest absolute Gasteiger partial charge is 0.266 e. The van der Waals surface area contributed by atoms with E-state index in [-0.39, 0.29) is 18.1 Å². The highest BCUT2D eigenvalue weighted by Gasteiger charge is 2.08. The predicted octanol–water partition coefficient (Wildman–Crippen LogP) is 0.785. The van der Waals surface area contributed by atoms with Gasteiger partial charge in [0, 0.05) is 19.3 Å². The lowest BCUT2D eigenvalue weighted by Gasteiger charge is -2.12. The molecule has 14 heavy (non-hydrogen) atoms. The van der Waals surface area contributed by atoms with Crippen molar-refractivity contribution in [3.8, 4) is 0 Å². The van der Waals surface area contributed by atoms with Gasteiger partial charge in [-0.25, -0.2) is 4.98 Å². The minimum absolute atomic E-state index is 0.0293. The minimum atomic E-state index is -0.0293. The van der Waals surface area contributed by atoms with Crippen LogP contribution in [0.15, 0.2) is 11.0 Å². The first-order chi connectivity index (χ1) is 6.56. The van der Waals surface area contributed by atoms with Gasteiger partial charge in [-0.05, 0) is 35.4 Å². The average molecular weight is 308 g/mol. The van der Waals surface area contributed by atoms with Crippen LogP contribution in [0, 0.1) is 16.4 Å². The molecular formula is C9H13IN2O2. The number of aromatic nitrogens is 2. The molecule has 1 aromatic heterocycles. The zero-order valence-electron chi connectivity index (χ0n) is 8.20. The molecule has 0 bridgehead atoms. The third kappa shape index (κ3) is 2.54. The number of halogens is 1. The van der Waals surface area contributed by atoms with Crippen LogP contribution < -0.4 is 5.56 Å². The van der Waals surface area contributed by atoms with Gasteiger partial charge in [-0.1, -0.05) is 6.92 Å². The standard InChI is InChI=1S/C9H13IN2O2/c1-6(5-13)4-12-7(2)11-3-8(10)9(12)14/h3,6,13H,4-5H2,1-2H3. The topological polar surface area (TPSA) is 55.1 Å². The molecule has 1 unspecified atom stereocenters. The number of aliphatic hydroxyl groups excluding tert-OH is 1. The Labute approximate surface area is 96.1 Å². The number of hydrogen-bond acceptors (Lipinski definition) is 3. The van der Waals surface area contributed by atoms with E-state index in [1.807, 2.05) is 29.5 Å². The molecule has 0 saturated heterocycles. The second kappa shape index (κ2) is 4.88. The second-order valence-corrected chi connectivity index (χ2v) is 4.52. The van der Waals surface area contributed by atoms with E-state index in [4.69, 9.17) is 5.11 Å². The lowest BCUT2D eigenvalue weighted by Crippen LogP contribution is -2.28. The van der Waals surface area contributed by atoms with E-state index in [9.17, 15) is 4.79 Å². The van der Waals surface area contributed by atoms with E-state index >= 15 is 0 Å². The Morgan fingerprint density at radius 1 is 1.71 bits per heavy atom. The summed E-state index contributed by atoms with van der Waals surface area (Å²) < 4.78 is 2.21. The maximum absolute atomic E-state index is 11.7. The van der Waals surface area contributed by atoms with E-state index in [1.54, 1.807) is 17.7 Å². The molecule has 1 rings (SSSR count). The summed E-state index contributed by atoms with van der Waals surface area (Å²) in [6.45, 7) is 4.29. The predicted molar refractivity (Wildman–Crippen MR) is 62.2 cm³/mol. The summed E-state index contributed by atoms with van der Waals surface area (Å²) in [4.78, 5) is 15.8. The number of aliphatic hydroxyl groups is 1. The van der Waals surface area contributed by atoms with Gasteiger partial charge in [0.05, 0.1) is 3.57 Å². The highest BCUT2D eigenvalue weighted by molar-refractivity contribution is 14.1. The number of rotatable bonds is 3. The molecule has 0 aliphatic rings. The molecule has 0 amide bonds. The molecule has 1 aromatic rings. The summed E-state index contributed by atoms with van der Waals surface area (Å²) in [5, 5.41) is 8.91. The number of nitrogens with zero attached hydrogens (tertiary/aromatic N) is 2. The van der Waals surface area contributed by atoms with E-state index in [0.29, 0.717) is 15.9 Å². The first-order valence-corrected chi connectivity index (χ1v) is 5.47. The summed E-state index contributed by atoms with van der Waals surface area (Å²) in [6, 6.07) is 0. The van der Waals surface area contributed by atoms with Gasteiger partial charge >= 0.3 is 0 Å². The van der Waals surface area contributed by atoms with Gasteiger partial charge in [-0.15, -0.1) is 0 Å². The lowest BCUT2D eigenvalue weighted by molar-refractivity contribution is 0.220. The molecule has 0 spiro atoms. The van der Waals surface area contributed by atoms with Gasteiger partial charge in [0.25, 0.3) is 5.56 Å². The quantitative estimate of drug-likeness (QED) is 0.840. The van der Waals surface area contributed by atoms with Crippen molar-refractivity contribution in [2.24, 2.45) is 5.92 Å². The fourth-order valence-corrected chi connectivity index (χ4v) is 1.57. The van der Waals surface area contributed by atoms with Gasteiger partial charge in [0.2, 0.25) is 0 Å². The molecule has 1 N–H and O–H groups in total. The molecule has 1 atom stereocenters. The molecule has 0 aliphatic carbocycles. The van der Waals surface area contributed by atoms with Crippen LogP contribution in [0.2, 0.25) is 0 Å². The molecule has 0 fully saturated rings. The van der Waals surface area contributed by atoms with Crippen molar-refractivity contribution in [1.82, 2.24) is 9.55 Å². The first kappa shape index (κ1) is 11.6. The molecule has 0 aromatic carbocycles. The van der Waals surface area contributed by atoms with Crippen molar-refractivity contribution < 1.29 is 5.11 Å². The maximum Gasteiger partial charge on any atom is 0.266 e. The molecule has 0 saturated carbocycles. The van der Waals surface area contributed by atoms with Crippen LogP contribution in [0.4, 0.5) is 0 Å². The summed E-state index contributed by atoms with van der Waals surface area (Å²) >= 11 is 1.97. The van der Waals surface area contributed by atoms with Crippen LogP contribution >= 0.6 is 22.6 Å². The summed E-state index contributed by atoms with van der Waals surface area (Å²) in [5.74, 6) is 0.766. The average Bonchev–Trinajstić information content (AvgIpc) is 2.18. The van der Waals surface area contributed by atoms with Crippen LogP contribution in [0.3, 0.4) is 0 Å². The van der Waals surface area contributed by atoms with Crippen molar-refractivity contribution in [3.05, 3.63) is 25.9 Å². The lowest BCUT2D eigenvalue weighted by atomic mass is 10.2. The largest absolute Gasteiger partial charge is 0.396 e. The zero-order valence-corrected chi connectivity index (χ0v) is 10.4. The van der Waals surface area contributed by atoms with Gasteiger partial charge in [-0.3, -0.25) is 9.36 Å². The minimum Gasteiger partial charge on any atom is -0.396 e. The Morgan fingerprint density at radius 3 is 2.93 bits per heavy atom. The van der Waals surface area contributed by atoms with Crippen molar-refractivity contribution in [1.29, 1.82) is 0 Å². The number of aryl methyl sites for hydroxylation is 1. The van der Waals surface area contributed by atoms with Crippen LogP contribution in [-0.2, 0) is 6.54 Å². The second-order valence-electron chi connectivity index (χ2n) is 3.36. The van der Waals surface area contributed by atoms with Gasteiger partial charge in [0.15, 0.2) is 0 Å². The van der Waals surface area contributed by atoms with E-state index in [1.165, 1.54) is 0 Å². The van der Waals surface area contributed by atoms with Crippen molar-refractivity contribution in [2.75, 3.05) is 6.61 Å². The SMILES string of the molecule is Cc1ncc(I)c(=O)n1CC(C)CO. The van der Waals surface area contributed by atoms with E-state index < -0.39 is 0 Å². The Hall–Kier alpha value is -0.430. The molecule has 4 nitrogen and oxygen atoms in total. The highest BCUT2D eigenvalue weighted by Crippen LogP contribution is 2.02. The molecule has 1 heterocycles. The van der Waals surface area contributed by atoms with Gasteiger partial charge in [0.1, 0.15) is 5.82 Å². The third-order valence-electron chi connectivity index (χ3n) is 2.01. The van der Waals surface area contributed by atoms with Gasteiger partial charge < -0.3 is 5.11 Å².